The van der Waals surface area contributed by atoms with Crippen LogP contribution in [0.1, 0.15) is 48.5 Å². The Morgan fingerprint density at radius 3 is 2.93 bits per heavy atom. The van der Waals surface area contributed by atoms with Gasteiger partial charge in [0.05, 0.1) is 0 Å². The summed E-state index contributed by atoms with van der Waals surface area (Å²) < 4.78 is 15.8. The Labute approximate surface area is 176 Å². The van der Waals surface area contributed by atoms with E-state index in [0.717, 1.165) is 66.8 Å². The summed E-state index contributed by atoms with van der Waals surface area (Å²) in [7, 11) is 1.77. The van der Waals surface area contributed by atoms with Crippen LogP contribution in [0.2, 0.25) is 0 Å². The molecule has 2 heterocycles. The van der Waals surface area contributed by atoms with Crippen LogP contribution in [0, 0.1) is 5.82 Å². The fraction of sp³-hybridized carbons (Fsp3) is 0.571. The van der Waals surface area contributed by atoms with Gasteiger partial charge in [0, 0.05) is 45.3 Å². The maximum atomic E-state index is 13.5. The molecule has 0 spiro atoms. The van der Waals surface area contributed by atoms with Gasteiger partial charge in [0.1, 0.15) is 17.5 Å². The summed E-state index contributed by atoms with van der Waals surface area (Å²) >= 11 is 1.69. The number of aryl methyl sites for hydroxylation is 2. The molecular formula is C21H31FN6S. The summed E-state index contributed by atoms with van der Waals surface area (Å²) in [5.41, 5.74) is 2.11. The molecule has 0 atom stereocenters. The molecule has 29 heavy (non-hydrogen) atoms. The fourth-order valence-electron chi connectivity index (χ4n) is 3.64. The molecule has 0 amide bonds. The van der Waals surface area contributed by atoms with Crippen LogP contribution in [0.15, 0.2) is 23.2 Å². The van der Waals surface area contributed by atoms with E-state index in [0.29, 0.717) is 6.54 Å². The Morgan fingerprint density at radius 1 is 1.21 bits per heavy atom. The second-order valence-electron chi connectivity index (χ2n) is 7.30. The Bertz CT molecular complexity index is 819. The van der Waals surface area contributed by atoms with Crippen molar-refractivity contribution in [2.45, 2.75) is 57.4 Å². The smallest absolute Gasteiger partial charge is 0.191 e. The molecular weight excluding hydrogens is 387 g/mol. The molecule has 2 aromatic rings. The van der Waals surface area contributed by atoms with Gasteiger partial charge in [0.15, 0.2) is 5.96 Å². The van der Waals surface area contributed by atoms with E-state index in [2.05, 4.69) is 30.4 Å². The minimum atomic E-state index is -0.188. The van der Waals surface area contributed by atoms with Crippen molar-refractivity contribution < 1.29 is 4.39 Å². The Morgan fingerprint density at radius 2 is 2.10 bits per heavy atom. The van der Waals surface area contributed by atoms with Crippen LogP contribution in [-0.2, 0) is 31.7 Å². The molecule has 3 rings (SSSR count). The van der Waals surface area contributed by atoms with Crippen LogP contribution in [0.25, 0.3) is 0 Å². The first-order valence-electron chi connectivity index (χ1n) is 10.3. The van der Waals surface area contributed by atoms with Crippen LogP contribution < -0.4 is 10.6 Å². The molecule has 2 N–H and O–H groups in total. The van der Waals surface area contributed by atoms with Gasteiger partial charge in [-0.1, -0.05) is 12.5 Å². The summed E-state index contributed by atoms with van der Waals surface area (Å²) in [6.07, 6.45) is 8.66. The average molecular weight is 419 g/mol. The van der Waals surface area contributed by atoms with Gasteiger partial charge in [-0.2, -0.15) is 11.8 Å². The molecule has 1 aromatic heterocycles. The maximum absolute atomic E-state index is 13.5. The monoisotopic (exact) mass is 418 g/mol. The van der Waals surface area contributed by atoms with Gasteiger partial charge in [0.2, 0.25) is 0 Å². The predicted molar refractivity (Wildman–Crippen MR) is 118 cm³/mol. The third-order valence-electron chi connectivity index (χ3n) is 5.19. The van der Waals surface area contributed by atoms with E-state index < -0.39 is 0 Å². The van der Waals surface area contributed by atoms with Gasteiger partial charge < -0.3 is 15.2 Å². The maximum Gasteiger partial charge on any atom is 0.191 e. The first-order chi connectivity index (χ1) is 14.2. The number of fused-ring (bicyclic) bond motifs is 1. The van der Waals surface area contributed by atoms with Crippen molar-refractivity contribution in [2.75, 3.05) is 19.8 Å². The zero-order chi connectivity index (χ0) is 20.5. The van der Waals surface area contributed by atoms with Gasteiger partial charge >= 0.3 is 0 Å². The van der Waals surface area contributed by atoms with Crippen LogP contribution >= 0.6 is 11.8 Å². The summed E-state index contributed by atoms with van der Waals surface area (Å²) in [5, 5.41) is 15.4. The molecule has 1 aromatic carbocycles. The van der Waals surface area contributed by atoms with Gasteiger partial charge in [-0.15, -0.1) is 10.2 Å². The summed E-state index contributed by atoms with van der Waals surface area (Å²) in [4.78, 5) is 4.30. The number of nitrogens with one attached hydrogen (secondary N) is 2. The van der Waals surface area contributed by atoms with E-state index in [-0.39, 0.29) is 5.82 Å². The SMILES string of the molecule is CN=C(NCCCc1nnc2n1CCCCC2)NCc1ccc(F)cc1CSC. The highest BCUT2D eigenvalue weighted by Gasteiger charge is 2.14. The number of benzene rings is 1. The van der Waals surface area contributed by atoms with Crippen LogP contribution in [0.4, 0.5) is 4.39 Å². The van der Waals surface area contributed by atoms with E-state index in [1.54, 1.807) is 24.9 Å². The van der Waals surface area contributed by atoms with E-state index >= 15 is 0 Å². The summed E-state index contributed by atoms with van der Waals surface area (Å²) in [6.45, 7) is 2.47. The topological polar surface area (TPSA) is 67.1 Å². The third-order valence-corrected chi connectivity index (χ3v) is 5.79. The number of halogens is 1. The number of aromatic nitrogens is 3. The number of aliphatic imine (C=N–C) groups is 1. The van der Waals surface area contributed by atoms with Crippen LogP contribution in [-0.4, -0.2) is 40.6 Å². The van der Waals surface area contributed by atoms with Crippen molar-refractivity contribution in [3.8, 4) is 0 Å². The van der Waals surface area contributed by atoms with Crippen molar-refractivity contribution in [3.63, 3.8) is 0 Å². The molecule has 0 bridgehead atoms. The quantitative estimate of drug-likeness (QED) is 0.391. The molecule has 1 aliphatic rings. The average Bonchev–Trinajstić information content (AvgIpc) is 2.94. The standard InChI is InChI=1S/C21H31FN6S/c1-23-21(25-14-16-9-10-18(22)13-17(16)15-29-2)24-11-6-8-20-27-26-19-7-4-3-5-12-28(19)20/h9-10,13H,3-8,11-12,14-15H2,1-2H3,(H2,23,24,25). The lowest BCUT2D eigenvalue weighted by atomic mass is 10.1. The van der Waals surface area contributed by atoms with Crippen LogP contribution in [0.3, 0.4) is 0 Å². The zero-order valence-corrected chi connectivity index (χ0v) is 18.2. The van der Waals surface area contributed by atoms with E-state index in [1.807, 2.05) is 12.3 Å². The lowest BCUT2D eigenvalue weighted by Gasteiger charge is -2.14. The number of rotatable bonds is 8. The van der Waals surface area contributed by atoms with Crippen molar-refractivity contribution in [3.05, 3.63) is 46.8 Å². The summed E-state index contributed by atoms with van der Waals surface area (Å²) in [5.74, 6) is 3.60. The molecule has 0 fully saturated rings. The van der Waals surface area contributed by atoms with Gasteiger partial charge in [0.25, 0.3) is 0 Å². The van der Waals surface area contributed by atoms with Gasteiger partial charge in [-0.25, -0.2) is 4.39 Å². The molecule has 158 valence electrons. The second kappa shape index (κ2) is 11.2. The van der Waals surface area contributed by atoms with E-state index in [4.69, 9.17) is 0 Å². The van der Waals surface area contributed by atoms with Crippen molar-refractivity contribution in [2.24, 2.45) is 4.99 Å². The molecule has 1 aliphatic heterocycles. The number of hydrogen-bond donors (Lipinski definition) is 2. The minimum Gasteiger partial charge on any atom is -0.356 e. The molecule has 0 aliphatic carbocycles. The molecule has 0 radical (unpaired) electrons. The Kier molecular flexibility index (Phi) is 8.34. The van der Waals surface area contributed by atoms with Crippen molar-refractivity contribution in [1.82, 2.24) is 25.4 Å². The minimum absolute atomic E-state index is 0.188. The molecule has 0 saturated heterocycles. The molecule has 0 unspecified atom stereocenters. The second-order valence-corrected chi connectivity index (χ2v) is 8.16. The van der Waals surface area contributed by atoms with Gasteiger partial charge in [-0.3, -0.25) is 4.99 Å². The normalized spacial score (nSPS) is 14.4. The van der Waals surface area contributed by atoms with Gasteiger partial charge in [-0.05, 0) is 48.8 Å². The molecule has 6 nitrogen and oxygen atoms in total. The fourth-order valence-corrected chi connectivity index (χ4v) is 4.22. The highest BCUT2D eigenvalue weighted by Crippen LogP contribution is 2.17. The Hall–Kier alpha value is -2.09. The molecule has 8 heteroatoms. The third kappa shape index (κ3) is 6.19. The summed E-state index contributed by atoms with van der Waals surface area (Å²) in [6, 6.07) is 4.97. The molecule has 0 saturated carbocycles. The highest BCUT2D eigenvalue weighted by molar-refractivity contribution is 7.97. The first kappa shape index (κ1) is 21.6. The highest BCUT2D eigenvalue weighted by atomic mass is 32.2. The lowest BCUT2D eigenvalue weighted by Crippen LogP contribution is -2.37. The van der Waals surface area contributed by atoms with Crippen molar-refractivity contribution >= 4 is 17.7 Å². The number of hydrogen-bond acceptors (Lipinski definition) is 4. The Balaban J connectivity index is 1.45. The predicted octanol–water partition coefficient (Wildman–Crippen LogP) is 3.30. The first-order valence-corrected chi connectivity index (χ1v) is 11.7. The van der Waals surface area contributed by atoms with Crippen molar-refractivity contribution in [1.29, 1.82) is 0 Å². The number of thioether (sulfide) groups is 1. The van der Waals surface area contributed by atoms with E-state index in [1.165, 1.54) is 25.3 Å². The largest absolute Gasteiger partial charge is 0.356 e. The van der Waals surface area contributed by atoms with Crippen LogP contribution in [0.5, 0.6) is 0 Å². The van der Waals surface area contributed by atoms with E-state index in [9.17, 15) is 4.39 Å². The number of nitrogens with zero attached hydrogens (tertiary/aromatic N) is 4. The lowest BCUT2D eigenvalue weighted by molar-refractivity contribution is 0.593. The zero-order valence-electron chi connectivity index (χ0n) is 17.4. The number of guanidine groups is 1.